The van der Waals surface area contributed by atoms with Crippen LogP contribution >= 0.6 is 0 Å². The van der Waals surface area contributed by atoms with E-state index in [1.807, 2.05) is 13.1 Å². The van der Waals surface area contributed by atoms with Gasteiger partial charge in [0.25, 0.3) is 0 Å². The Balaban J connectivity index is 2.32. The van der Waals surface area contributed by atoms with Crippen LogP contribution in [0.2, 0.25) is 0 Å². The number of rotatable bonds is 4. The van der Waals surface area contributed by atoms with Gasteiger partial charge in [0.1, 0.15) is 18.0 Å². The van der Waals surface area contributed by atoms with Crippen LogP contribution in [0.5, 0.6) is 0 Å². The van der Waals surface area contributed by atoms with Crippen molar-refractivity contribution >= 4 is 17.3 Å². The molecule has 1 aromatic carbocycles. The number of aryl methyl sites for hydroxylation is 2. The van der Waals surface area contributed by atoms with Crippen LogP contribution in [0.15, 0.2) is 30.6 Å². The molecule has 0 radical (unpaired) electrons. The van der Waals surface area contributed by atoms with E-state index in [1.165, 1.54) is 11.1 Å². The minimum absolute atomic E-state index is 0.851. The molecule has 4 nitrogen and oxygen atoms in total. The lowest BCUT2D eigenvalue weighted by Gasteiger charge is -2.20. The number of aromatic nitrogens is 2. The highest BCUT2D eigenvalue weighted by molar-refractivity contribution is 5.62. The minimum atomic E-state index is 0.851. The summed E-state index contributed by atoms with van der Waals surface area (Å²) in [5.41, 5.74) is 3.64. The highest BCUT2D eigenvalue weighted by Gasteiger charge is 2.07. The van der Waals surface area contributed by atoms with Gasteiger partial charge in [0, 0.05) is 25.3 Å². The van der Waals surface area contributed by atoms with Crippen molar-refractivity contribution in [1.82, 2.24) is 9.97 Å². The molecule has 1 aromatic heterocycles. The fourth-order valence-electron chi connectivity index (χ4n) is 2.08. The SMILES string of the molecule is CCNc1cc(N(C)c2cc(C)cc(C)c2)ncn1. The van der Waals surface area contributed by atoms with Crippen LogP contribution in [0.1, 0.15) is 18.1 Å². The van der Waals surface area contributed by atoms with Crippen LogP contribution in [-0.4, -0.2) is 23.6 Å². The summed E-state index contributed by atoms with van der Waals surface area (Å²) >= 11 is 0. The molecule has 0 saturated carbocycles. The number of nitrogens with zero attached hydrogens (tertiary/aromatic N) is 3. The lowest BCUT2D eigenvalue weighted by molar-refractivity contribution is 1.06. The zero-order chi connectivity index (χ0) is 13.8. The highest BCUT2D eigenvalue weighted by atomic mass is 15.2. The second-order valence-corrected chi connectivity index (χ2v) is 4.70. The maximum absolute atomic E-state index is 4.33. The van der Waals surface area contributed by atoms with E-state index in [2.05, 4.69) is 59.2 Å². The molecule has 2 aromatic rings. The van der Waals surface area contributed by atoms with Crippen LogP contribution in [0.4, 0.5) is 17.3 Å². The molecule has 2 rings (SSSR count). The van der Waals surface area contributed by atoms with Gasteiger partial charge < -0.3 is 10.2 Å². The summed E-state index contributed by atoms with van der Waals surface area (Å²) in [6.45, 7) is 7.11. The quantitative estimate of drug-likeness (QED) is 0.911. The Kier molecular flexibility index (Phi) is 4.00. The Morgan fingerprint density at radius 2 is 1.74 bits per heavy atom. The molecule has 0 spiro atoms. The molecular formula is C15H20N4. The predicted molar refractivity (Wildman–Crippen MR) is 80.2 cm³/mol. The third-order valence-corrected chi connectivity index (χ3v) is 2.95. The topological polar surface area (TPSA) is 41.0 Å². The van der Waals surface area contributed by atoms with E-state index in [4.69, 9.17) is 0 Å². The maximum Gasteiger partial charge on any atom is 0.138 e. The van der Waals surface area contributed by atoms with Gasteiger partial charge in [-0.15, -0.1) is 0 Å². The average molecular weight is 256 g/mol. The van der Waals surface area contributed by atoms with Gasteiger partial charge in [-0.3, -0.25) is 0 Å². The number of nitrogens with one attached hydrogen (secondary N) is 1. The molecule has 1 N–H and O–H groups in total. The molecule has 0 aliphatic carbocycles. The summed E-state index contributed by atoms with van der Waals surface area (Å²) in [6.07, 6.45) is 1.59. The van der Waals surface area contributed by atoms with Crippen molar-refractivity contribution in [3.63, 3.8) is 0 Å². The standard InChI is InChI=1S/C15H20N4/c1-5-16-14-9-15(18-10-17-14)19(4)13-7-11(2)6-12(3)8-13/h6-10H,5H2,1-4H3,(H,16,17,18). The van der Waals surface area contributed by atoms with Crippen molar-refractivity contribution in [3.8, 4) is 0 Å². The fraction of sp³-hybridized carbons (Fsp3) is 0.333. The summed E-state index contributed by atoms with van der Waals surface area (Å²) in [5, 5.41) is 3.20. The fourth-order valence-corrected chi connectivity index (χ4v) is 2.08. The van der Waals surface area contributed by atoms with E-state index < -0.39 is 0 Å². The van der Waals surface area contributed by atoms with E-state index in [0.29, 0.717) is 0 Å². The van der Waals surface area contributed by atoms with Gasteiger partial charge in [-0.1, -0.05) is 6.07 Å². The van der Waals surface area contributed by atoms with E-state index in [9.17, 15) is 0 Å². The lowest BCUT2D eigenvalue weighted by Crippen LogP contribution is -2.12. The van der Waals surface area contributed by atoms with E-state index in [-0.39, 0.29) is 0 Å². The Morgan fingerprint density at radius 3 is 2.37 bits per heavy atom. The smallest absolute Gasteiger partial charge is 0.138 e. The van der Waals surface area contributed by atoms with Gasteiger partial charge in [0.15, 0.2) is 0 Å². The number of anilines is 3. The molecule has 1 heterocycles. The third kappa shape index (κ3) is 3.22. The van der Waals surface area contributed by atoms with Crippen molar-refractivity contribution in [3.05, 3.63) is 41.7 Å². The second kappa shape index (κ2) is 5.69. The molecule has 0 atom stereocenters. The number of hydrogen-bond donors (Lipinski definition) is 1. The van der Waals surface area contributed by atoms with Crippen LogP contribution in [0.25, 0.3) is 0 Å². The van der Waals surface area contributed by atoms with Gasteiger partial charge in [-0.2, -0.15) is 0 Å². The van der Waals surface area contributed by atoms with Crippen molar-refractivity contribution in [2.45, 2.75) is 20.8 Å². The molecular weight excluding hydrogens is 236 g/mol. The summed E-state index contributed by atoms with van der Waals surface area (Å²) < 4.78 is 0. The molecule has 0 fully saturated rings. The molecule has 0 saturated heterocycles. The van der Waals surface area contributed by atoms with Crippen molar-refractivity contribution in [2.24, 2.45) is 0 Å². The first-order chi connectivity index (χ1) is 9.10. The zero-order valence-corrected chi connectivity index (χ0v) is 11.9. The molecule has 100 valence electrons. The highest BCUT2D eigenvalue weighted by Crippen LogP contribution is 2.24. The van der Waals surface area contributed by atoms with Crippen molar-refractivity contribution in [2.75, 3.05) is 23.8 Å². The first-order valence-corrected chi connectivity index (χ1v) is 6.48. The summed E-state index contributed by atoms with van der Waals surface area (Å²) in [5.74, 6) is 1.74. The first-order valence-electron chi connectivity index (χ1n) is 6.48. The normalized spacial score (nSPS) is 10.3. The Bertz CT molecular complexity index is 546. The molecule has 4 heteroatoms. The zero-order valence-electron chi connectivity index (χ0n) is 11.9. The Morgan fingerprint density at radius 1 is 1.05 bits per heavy atom. The van der Waals surface area contributed by atoms with Crippen molar-refractivity contribution < 1.29 is 0 Å². The van der Waals surface area contributed by atoms with Gasteiger partial charge in [-0.05, 0) is 44.0 Å². The van der Waals surface area contributed by atoms with Crippen LogP contribution < -0.4 is 10.2 Å². The summed E-state index contributed by atoms with van der Waals surface area (Å²) in [6, 6.07) is 8.44. The van der Waals surface area contributed by atoms with E-state index >= 15 is 0 Å². The van der Waals surface area contributed by atoms with Gasteiger partial charge in [0.2, 0.25) is 0 Å². The minimum Gasteiger partial charge on any atom is -0.370 e. The summed E-state index contributed by atoms with van der Waals surface area (Å²) in [4.78, 5) is 10.6. The number of hydrogen-bond acceptors (Lipinski definition) is 4. The van der Waals surface area contributed by atoms with Crippen molar-refractivity contribution in [1.29, 1.82) is 0 Å². The summed E-state index contributed by atoms with van der Waals surface area (Å²) in [7, 11) is 2.02. The van der Waals surface area contributed by atoms with E-state index in [1.54, 1.807) is 6.33 Å². The maximum atomic E-state index is 4.33. The van der Waals surface area contributed by atoms with Gasteiger partial charge in [0.05, 0.1) is 0 Å². The molecule has 0 unspecified atom stereocenters. The van der Waals surface area contributed by atoms with E-state index in [0.717, 1.165) is 23.9 Å². The predicted octanol–water partition coefficient (Wildman–Crippen LogP) is 3.29. The van der Waals surface area contributed by atoms with Crippen LogP contribution in [0.3, 0.4) is 0 Å². The molecule has 19 heavy (non-hydrogen) atoms. The van der Waals surface area contributed by atoms with Crippen LogP contribution in [-0.2, 0) is 0 Å². The molecule has 0 bridgehead atoms. The Labute approximate surface area is 114 Å². The van der Waals surface area contributed by atoms with Gasteiger partial charge >= 0.3 is 0 Å². The second-order valence-electron chi connectivity index (χ2n) is 4.70. The molecule has 0 aliphatic rings. The van der Waals surface area contributed by atoms with Crippen LogP contribution in [0, 0.1) is 13.8 Å². The molecule has 0 aliphatic heterocycles. The Hall–Kier alpha value is -2.10. The number of benzene rings is 1. The average Bonchev–Trinajstić information content (AvgIpc) is 2.37. The largest absolute Gasteiger partial charge is 0.370 e. The first kappa shape index (κ1) is 13.3. The lowest BCUT2D eigenvalue weighted by atomic mass is 10.1. The van der Waals surface area contributed by atoms with Gasteiger partial charge in [-0.25, -0.2) is 9.97 Å². The third-order valence-electron chi connectivity index (χ3n) is 2.95. The molecule has 0 amide bonds. The monoisotopic (exact) mass is 256 g/mol.